The van der Waals surface area contributed by atoms with Crippen LogP contribution in [0.3, 0.4) is 0 Å². The zero-order valence-electron chi connectivity index (χ0n) is 12.3. The Hall–Kier alpha value is -1.46. The molecule has 0 atom stereocenters. The molecule has 0 spiro atoms. The Morgan fingerprint density at radius 3 is 2.71 bits per heavy atom. The van der Waals surface area contributed by atoms with Crippen LogP contribution < -0.4 is 10.1 Å². The summed E-state index contributed by atoms with van der Waals surface area (Å²) in [6, 6.07) is 8.07. The standard InChI is InChI=1S/C16H18BrFN2O/c1-16(2,3)20-10-11-6-7-19-15(8-11)21-14-9-12(18)4-5-13(14)17/h4-9,20H,10H2,1-3H3. The molecule has 1 aromatic carbocycles. The third-order valence-electron chi connectivity index (χ3n) is 2.73. The molecule has 2 aromatic rings. The lowest BCUT2D eigenvalue weighted by molar-refractivity contribution is 0.421. The van der Waals surface area contributed by atoms with Crippen LogP contribution in [0.25, 0.3) is 0 Å². The number of ether oxygens (including phenoxy) is 1. The van der Waals surface area contributed by atoms with Crippen LogP contribution in [0.2, 0.25) is 0 Å². The van der Waals surface area contributed by atoms with Gasteiger partial charge in [0.25, 0.3) is 0 Å². The highest BCUT2D eigenvalue weighted by atomic mass is 79.9. The van der Waals surface area contributed by atoms with Crippen LogP contribution in [0.4, 0.5) is 4.39 Å². The summed E-state index contributed by atoms with van der Waals surface area (Å²) in [4.78, 5) is 4.16. The van der Waals surface area contributed by atoms with Crippen molar-refractivity contribution in [2.75, 3.05) is 0 Å². The van der Waals surface area contributed by atoms with Crippen LogP contribution in [0, 0.1) is 5.82 Å². The molecule has 0 saturated heterocycles. The number of pyridine rings is 1. The molecule has 1 heterocycles. The first-order valence-electron chi connectivity index (χ1n) is 6.66. The molecule has 1 aromatic heterocycles. The fourth-order valence-corrected chi connectivity index (χ4v) is 1.98. The lowest BCUT2D eigenvalue weighted by Crippen LogP contribution is -2.35. The van der Waals surface area contributed by atoms with Gasteiger partial charge in [0.05, 0.1) is 4.47 Å². The van der Waals surface area contributed by atoms with E-state index in [1.165, 1.54) is 12.1 Å². The maximum Gasteiger partial charge on any atom is 0.219 e. The molecule has 3 nitrogen and oxygen atoms in total. The number of hydrogen-bond donors (Lipinski definition) is 1. The molecule has 0 fully saturated rings. The van der Waals surface area contributed by atoms with Gasteiger partial charge in [0.15, 0.2) is 0 Å². The van der Waals surface area contributed by atoms with Crippen molar-refractivity contribution in [1.29, 1.82) is 0 Å². The Kier molecular flexibility index (Phi) is 4.96. The topological polar surface area (TPSA) is 34.2 Å². The third-order valence-corrected chi connectivity index (χ3v) is 3.38. The summed E-state index contributed by atoms with van der Waals surface area (Å²) in [6.07, 6.45) is 1.68. The molecule has 112 valence electrons. The quantitative estimate of drug-likeness (QED) is 0.868. The number of rotatable bonds is 4. The molecule has 0 radical (unpaired) electrons. The molecule has 0 aliphatic rings. The van der Waals surface area contributed by atoms with Crippen LogP contribution in [0.5, 0.6) is 11.6 Å². The van der Waals surface area contributed by atoms with Crippen molar-refractivity contribution in [3.63, 3.8) is 0 Å². The van der Waals surface area contributed by atoms with E-state index in [0.29, 0.717) is 22.6 Å². The smallest absolute Gasteiger partial charge is 0.219 e. The SMILES string of the molecule is CC(C)(C)NCc1ccnc(Oc2cc(F)ccc2Br)c1. The van der Waals surface area contributed by atoms with Gasteiger partial charge in [-0.3, -0.25) is 0 Å². The second-order valence-electron chi connectivity index (χ2n) is 5.78. The maximum atomic E-state index is 13.2. The summed E-state index contributed by atoms with van der Waals surface area (Å²) in [5.41, 5.74) is 1.10. The molecule has 0 aliphatic heterocycles. The minimum Gasteiger partial charge on any atom is -0.438 e. The minimum atomic E-state index is -0.348. The lowest BCUT2D eigenvalue weighted by atomic mass is 10.1. The van der Waals surface area contributed by atoms with Crippen molar-refractivity contribution < 1.29 is 9.13 Å². The first-order valence-corrected chi connectivity index (χ1v) is 7.46. The minimum absolute atomic E-state index is 0.0376. The molecule has 0 aliphatic carbocycles. The summed E-state index contributed by atoms with van der Waals surface area (Å²) in [6.45, 7) is 7.03. The zero-order valence-corrected chi connectivity index (χ0v) is 13.9. The van der Waals surface area contributed by atoms with E-state index in [9.17, 15) is 4.39 Å². The number of halogens is 2. The summed E-state index contributed by atoms with van der Waals surface area (Å²) in [5.74, 6) is 0.497. The molecule has 0 amide bonds. The average molecular weight is 353 g/mol. The van der Waals surface area contributed by atoms with E-state index in [0.717, 1.165) is 5.56 Å². The fraction of sp³-hybridized carbons (Fsp3) is 0.312. The van der Waals surface area contributed by atoms with Gasteiger partial charge in [-0.05, 0) is 60.5 Å². The van der Waals surface area contributed by atoms with Crippen molar-refractivity contribution in [1.82, 2.24) is 10.3 Å². The Morgan fingerprint density at radius 2 is 2.00 bits per heavy atom. The molecule has 0 bridgehead atoms. The Morgan fingerprint density at radius 1 is 1.24 bits per heavy atom. The van der Waals surface area contributed by atoms with E-state index in [1.807, 2.05) is 12.1 Å². The van der Waals surface area contributed by atoms with Gasteiger partial charge in [-0.25, -0.2) is 9.37 Å². The predicted octanol–water partition coefficient (Wildman–Crippen LogP) is 4.66. The molecular formula is C16H18BrFN2O. The van der Waals surface area contributed by atoms with Crippen molar-refractivity contribution in [2.45, 2.75) is 32.9 Å². The fourth-order valence-electron chi connectivity index (χ4n) is 1.65. The molecule has 5 heteroatoms. The van der Waals surface area contributed by atoms with E-state index in [-0.39, 0.29) is 11.4 Å². The molecule has 0 saturated carbocycles. The largest absolute Gasteiger partial charge is 0.438 e. The molecule has 21 heavy (non-hydrogen) atoms. The lowest BCUT2D eigenvalue weighted by Gasteiger charge is -2.20. The predicted molar refractivity (Wildman–Crippen MR) is 85.0 cm³/mol. The number of benzene rings is 1. The number of nitrogens with one attached hydrogen (secondary N) is 1. The second kappa shape index (κ2) is 6.54. The van der Waals surface area contributed by atoms with E-state index in [2.05, 4.69) is 47.0 Å². The highest BCUT2D eigenvalue weighted by Crippen LogP contribution is 2.29. The van der Waals surface area contributed by atoms with Crippen molar-refractivity contribution in [3.05, 3.63) is 52.4 Å². The van der Waals surface area contributed by atoms with E-state index >= 15 is 0 Å². The van der Waals surface area contributed by atoms with Crippen LogP contribution in [-0.2, 0) is 6.54 Å². The molecular weight excluding hydrogens is 335 g/mol. The van der Waals surface area contributed by atoms with Crippen molar-refractivity contribution in [2.24, 2.45) is 0 Å². The number of hydrogen-bond acceptors (Lipinski definition) is 3. The van der Waals surface area contributed by atoms with Gasteiger partial charge in [0.1, 0.15) is 11.6 Å². The Bertz CT molecular complexity index is 626. The van der Waals surface area contributed by atoms with Gasteiger partial charge in [-0.15, -0.1) is 0 Å². The van der Waals surface area contributed by atoms with E-state index in [1.54, 1.807) is 12.3 Å². The first kappa shape index (κ1) is 15.9. The van der Waals surface area contributed by atoms with Gasteiger partial charge in [0.2, 0.25) is 5.88 Å². The van der Waals surface area contributed by atoms with Crippen LogP contribution in [0.1, 0.15) is 26.3 Å². The second-order valence-corrected chi connectivity index (χ2v) is 6.64. The summed E-state index contributed by atoms with van der Waals surface area (Å²) >= 11 is 3.33. The number of nitrogens with zero attached hydrogens (tertiary/aromatic N) is 1. The summed E-state index contributed by atoms with van der Waals surface area (Å²) in [7, 11) is 0. The zero-order chi connectivity index (χ0) is 15.5. The van der Waals surface area contributed by atoms with Gasteiger partial charge < -0.3 is 10.1 Å². The summed E-state index contributed by atoms with van der Waals surface area (Å²) < 4.78 is 19.6. The van der Waals surface area contributed by atoms with Crippen molar-refractivity contribution >= 4 is 15.9 Å². The monoisotopic (exact) mass is 352 g/mol. The Balaban J connectivity index is 2.12. The van der Waals surface area contributed by atoms with E-state index in [4.69, 9.17) is 4.74 Å². The highest BCUT2D eigenvalue weighted by molar-refractivity contribution is 9.10. The third kappa shape index (κ3) is 5.10. The molecule has 0 unspecified atom stereocenters. The van der Waals surface area contributed by atoms with Crippen LogP contribution in [-0.4, -0.2) is 10.5 Å². The average Bonchev–Trinajstić information content (AvgIpc) is 2.40. The maximum absolute atomic E-state index is 13.2. The van der Waals surface area contributed by atoms with Crippen LogP contribution in [0.15, 0.2) is 41.0 Å². The van der Waals surface area contributed by atoms with Crippen molar-refractivity contribution in [3.8, 4) is 11.6 Å². The van der Waals surface area contributed by atoms with Gasteiger partial charge >= 0.3 is 0 Å². The van der Waals surface area contributed by atoms with Gasteiger partial charge in [0, 0.05) is 30.4 Å². The van der Waals surface area contributed by atoms with Gasteiger partial charge in [-0.1, -0.05) is 0 Å². The number of aromatic nitrogens is 1. The molecule has 1 N–H and O–H groups in total. The summed E-state index contributed by atoms with van der Waals surface area (Å²) in [5, 5.41) is 3.40. The molecule has 2 rings (SSSR count). The Labute approximate surface area is 132 Å². The highest BCUT2D eigenvalue weighted by Gasteiger charge is 2.10. The first-order chi connectivity index (χ1) is 9.83. The van der Waals surface area contributed by atoms with Gasteiger partial charge in [-0.2, -0.15) is 0 Å². The van der Waals surface area contributed by atoms with Crippen LogP contribution >= 0.6 is 15.9 Å². The van der Waals surface area contributed by atoms with E-state index < -0.39 is 0 Å². The normalized spacial score (nSPS) is 11.5.